The van der Waals surface area contributed by atoms with E-state index in [9.17, 15) is 23.3 Å². The van der Waals surface area contributed by atoms with Gasteiger partial charge in [-0.3, -0.25) is 0 Å². The van der Waals surface area contributed by atoms with E-state index in [-0.39, 0.29) is 16.7 Å². The molecule has 0 N–H and O–H groups in total. The number of nitro groups is 1. The number of aryl methyl sites for hydroxylation is 1. The highest BCUT2D eigenvalue weighted by Crippen LogP contribution is 2.35. The number of benzene rings is 1. The summed E-state index contributed by atoms with van der Waals surface area (Å²) in [5.41, 5.74) is 0.366. The molecule has 0 aliphatic rings. The van der Waals surface area contributed by atoms with Gasteiger partial charge in [0, 0.05) is 6.92 Å². The Bertz CT molecular complexity index is 976. The normalized spacial score (nSPS) is 11.5. The third-order valence-corrected chi connectivity index (χ3v) is 3.18. The predicted molar refractivity (Wildman–Crippen MR) is 80.2 cm³/mol. The zero-order valence-electron chi connectivity index (χ0n) is 12.6. The van der Waals surface area contributed by atoms with Gasteiger partial charge in [0.05, 0.1) is 10.9 Å². The number of aromatic nitrogens is 3. The van der Waals surface area contributed by atoms with Gasteiger partial charge in [0.2, 0.25) is 17.5 Å². The Balaban J connectivity index is 2.18. The molecule has 0 atom stereocenters. The van der Waals surface area contributed by atoms with E-state index in [1.54, 1.807) is 13.0 Å². The molecule has 25 heavy (non-hydrogen) atoms. The van der Waals surface area contributed by atoms with Crippen molar-refractivity contribution in [2.75, 3.05) is 0 Å². The fourth-order valence-corrected chi connectivity index (χ4v) is 2.10. The number of hydrogen-bond donors (Lipinski definition) is 0. The maximum atomic E-state index is 13.0. The van der Waals surface area contributed by atoms with Crippen molar-refractivity contribution in [3.63, 3.8) is 0 Å². The molecule has 0 amide bonds. The first-order valence-electron chi connectivity index (χ1n) is 6.89. The summed E-state index contributed by atoms with van der Waals surface area (Å²) in [5, 5.41) is 11.3. The van der Waals surface area contributed by atoms with Crippen molar-refractivity contribution in [3.8, 4) is 11.6 Å². The maximum absolute atomic E-state index is 13.0. The number of halogens is 3. The van der Waals surface area contributed by atoms with Crippen molar-refractivity contribution in [3.05, 3.63) is 58.0 Å². The molecule has 10 heteroatoms. The number of nitrogens with zero attached hydrogens (tertiary/aromatic N) is 4. The number of alkyl halides is 3. The van der Waals surface area contributed by atoms with Gasteiger partial charge in [-0.2, -0.15) is 18.2 Å². The largest absolute Gasteiger partial charge is 0.451 e. The first-order valence-corrected chi connectivity index (χ1v) is 6.89. The summed E-state index contributed by atoms with van der Waals surface area (Å²) in [7, 11) is 0. The van der Waals surface area contributed by atoms with Crippen molar-refractivity contribution in [2.45, 2.75) is 13.1 Å². The zero-order chi connectivity index (χ0) is 18.2. The van der Waals surface area contributed by atoms with Crippen LogP contribution in [-0.2, 0) is 6.18 Å². The van der Waals surface area contributed by atoms with Gasteiger partial charge >= 0.3 is 12.0 Å². The molecule has 128 valence electrons. The smallest absolute Gasteiger partial charge is 0.429 e. The number of fused-ring (bicyclic) bond motifs is 1. The monoisotopic (exact) mass is 350 g/mol. The zero-order valence-corrected chi connectivity index (χ0v) is 12.6. The number of para-hydroxylation sites is 1. The van der Waals surface area contributed by atoms with Crippen molar-refractivity contribution in [2.24, 2.45) is 0 Å². The molecular formula is C15H9F3N4O3. The molecule has 2 heterocycles. The quantitative estimate of drug-likeness (QED) is 0.523. The minimum atomic E-state index is -4.79. The van der Waals surface area contributed by atoms with Crippen LogP contribution in [0, 0.1) is 17.0 Å². The van der Waals surface area contributed by atoms with Crippen LogP contribution in [-0.4, -0.2) is 19.9 Å². The molecule has 7 nitrogen and oxygen atoms in total. The van der Waals surface area contributed by atoms with Crippen molar-refractivity contribution < 1.29 is 22.8 Å². The van der Waals surface area contributed by atoms with Gasteiger partial charge in [-0.25, -0.2) is 4.98 Å². The third kappa shape index (κ3) is 3.32. The molecule has 0 aliphatic heterocycles. The lowest BCUT2D eigenvalue weighted by atomic mass is 10.2. The molecule has 3 aromatic rings. The van der Waals surface area contributed by atoms with Gasteiger partial charge in [0.25, 0.3) is 0 Å². The maximum Gasteiger partial charge on any atom is 0.451 e. The molecular weight excluding hydrogens is 341 g/mol. The van der Waals surface area contributed by atoms with E-state index < -0.39 is 28.6 Å². The lowest BCUT2D eigenvalue weighted by molar-refractivity contribution is -0.390. The van der Waals surface area contributed by atoms with Gasteiger partial charge in [0.1, 0.15) is 5.69 Å². The van der Waals surface area contributed by atoms with E-state index in [2.05, 4.69) is 15.0 Å². The fourth-order valence-electron chi connectivity index (χ4n) is 2.10. The lowest BCUT2D eigenvalue weighted by Gasteiger charge is -2.11. The van der Waals surface area contributed by atoms with Gasteiger partial charge in [-0.15, -0.1) is 0 Å². The number of pyridine rings is 1. The molecule has 0 fully saturated rings. The summed E-state index contributed by atoms with van der Waals surface area (Å²) in [6.07, 6.45) is -4.79. The van der Waals surface area contributed by atoms with Gasteiger partial charge in [0.15, 0.2) is 0 Å². The Morgan fingerprint density at radius 3 is 2.48 bits per heavy atom. The highest BCUT2D eigenvalue weighted by Gasteiger charge is 2.36. The van der Waals surface area contributed by atoms with Crippen molar-refractivity contribution >= 4 is 16.7 Å². The van der Waals surface area contributed by atoms with E-state index in [4.69, 9.17) is 4.74 Å². The average Bonchev–Trinajstić information content (AvgIpc) is 2.55. The van der Waals surface area contributed by atoms with Crippen LogP contribution in [0.3, 0.4) is 0 Å². The summed E-state index contributed by atoms with van der Waals surface area (Å²) >= 11 is 0. The van der Waals surface area contributed by atoms with E-state index in [1.807, 2.05) is 0 Å². The summed E-state index contributed by atoms with van der Waals surface area (Å²) in [6.45, 7) is 1.54. The average molecular weight is 350 g/mol. The molecule has 0 unspecified atom stereocenters. The first kappa shape index (κ1) is 16.6. The Morgan fingerprint density at radius 1 is 1.08 bits per heavy atom. The topological polar surface area (TPSA) is 91.0 Å². The Hall–Kier alpha value is -3.30. The van der Waals surface area contributed by atoms with Crippen LogP contribution >= 0.6 is 0 Å². The van der Waals surface area contributed by atoms with Crippen LogP contribution < -0.4 is 4.74 Å². The molecule has 0 radical (unpaired) electrons. The molecule has 3 rings (SSSR count). The lowest BCUT2D eigenvalue weighted by Crippen LogP contribution is -2.12. The van der Waals surface area contributed by atoms with Crippen LogP contribution in [0.4, 0.5) is 19.0 Å². The highest BCUT2D eigenvalue weighted by atomic mass is 19.4. The van der Waals surface area contributed by atoms with Crippen LogP contribution in [0.25, 0.3) is 10.9 Å². The summed E-state index contributed by atoms with van der Waals surface area (Å²) in [4.78, 5) is 20.9. The van der Waals surface area contributed by atoms with Crippen LogP contribution in [0.5, 0.6) is 11.6 Å². The van der Waals surface area contributed by atoms with Crippen molar-refractivity contribution in [1.82, 2.24) is 15.0 Å². The van der Waals surface area contributed by atoms with Crippen LogP contribution in [0.2, 0.25) is 0 Å². The first-order chi connectivity index (χ1) is 11.8. The Labute approximate surface area is 138 Å². The summed E-state index contributed by atoms with van der Waals surface area (Å²) < 4.78 is 44.3. The molecule has 0 spiro atoms. The standard InChI is InChI=1S/C15H9F3N4O3/c1-8-6-7-11(12(19-8)22(23)24)25-13-9-4-2-3-5-10(9)20-14(21-13)15(16,17)18/h2-7H,1H3. The number of ether oxygens (including phenoxy) is 1. The second-order valence-electron chi connectivity index (χ2n) is 5.00. The van der Waals surface area contributed by atoms with E-state index in [1.165, 1.54) is 30.3 Å². The fraction of sp³-hybridized carbons (Fsp3) is 0.133. The number of rotatable bonds is 3. The molecule has 0 saturated carbocycles. The van der Waals surface area contributed by atoms with Crippen molar-refractivity contribution in [1.29, 1.82) is 0 Å². The Morgan fingerprint density at radius 2 is 1.80 bits per heavy atom. The second kappa shape index (κ2) is 5.96. The van der Waals surface area contributed by atoms with Gasteiger partial charge < -0.3 is 14.9 Å². The SMILES string of the molecule is Cc1ccc(Oc2nc(C(F)(F)F)nc3ccccc23)c([N+](=O)[O-])n1. The predicted octanol–water partition coefficient (Wildman–Crippen LogP) is 4.05. The van der Waals surface area contributed by atoms with E-state index in [0.717, 1.165) is 0 Å². The van der Waals surface area contributed by atoms with Crippen LogP contribution in [0.1, 0.15) is 11.5 Å². The third-order valence-electron chi connectivity index (χ3n) is 3.18. The molecule has 0 bridgehead atoms. The Kier molecular flexibility index (Phi) is 3.95. The molecule has 2 aromatic heterocycles. The van der Waals surface area contributed by atoms with E-state index in [0.29, 0.717) is 5.69 Å². The minimum Gasteiger partial charge on any atom is -0.429 e. The molecule has 1 aromatic carbocycles. The summed E-state index contributed by atoms with van der Waals surface area (Å²) in [6, 6.07) is 8.59. The highest BCUT2D eigenvalue weighted by molar-refractivity contribution is 5.83. The van der Waals surface area contributed by atoms with Gasteiger partial charge in [-0.1, -0.05) is 12.1 Å². The summed E-state index contributed by atoms with van der Waals surface area (Å²) in [5.74, 6) is -2.76. The van der Waals surface area contributed by atoms with Crippen LogP contribution in [0.15, 0.2) is 36.4 Å². The second-order valence-corrected chi connectivity index (χ2v) is 5.00. The van der Waals surface area contributed by atoms with E-state index >= 15 is 0 Å². The van der Waals surface area contributed by atoms with Gasteiger partial charge in [-0.05, 0) is 34.2 Å². The number of hydrogen-bond acceptors (Lipinski definition) is 6. The minimum absolute atomic E-state index is 0.00236. The molecule has 0 aliphatic carbocycles. The molecule has 0 saturated heterocycles.